The SMILES string of the molecule is C=C(C)C(=O)OCC(O)COc1ccc(C(C)(C)c2ccc(CC(O)COC(=O)C(=C)C)cc2)cc1. The summed E-state index contributed by atoms with van der Waals surface area (Å²) in [4.78, 5) is 22.9. The van der Waals surface area contributed by atoms with Gasteiger partial charge in [0.05, 0.1) is 6.10 Å². The Kier molecular flexibility index (Phi) is 10.4. The fourth-order valence-corrected chi connectivity index (χ4v) is 3.35. The van der Waals surface area contributed by atoms with Crippen LogP contribution in [0.4, 0.5) is 0 Å². The molecule has 0 aliphatic carbocycles. The first-order valence-corrected chi connectivity index (χ1v) is 11.7. The van der Waals surface area contributed by atoms with Crippen molar-refractivity contribution in [3.63, 3.8) is 0 Å². The third-order valence-corrected chi connectivity index (χ3v) is 5.68. The van der Waals surface area contributed by atoms with E-state index < -0.39 is 24.1 Å². The predicted molar refractivity (Wildman–Crippen MR) is 138 cm³/mol. The van der Waals surface area contributed by atoms with E-state index in [1.54, 1.807) is 13.8 Å². The number of aliphatic hydroxyl groups is 2. The molecule has 0 heterocycles. The lowest BCUT2D eigenvalue weighted by atomic mass is 9.78. The molecule has 0 aromatic heterocycles. The number of rotatable bonds is 13. The van der Waals surface area contributed by atoms with Gasteiger partial charge in [-0.25, -0.2) is 9.59 Å². The van der Waals surface area contributed by atoms with Gasteiger partial charge < -0.3 is 24.4 Å². The molecule has 0 aliphatic rings. The van der Waals surface area contributed by atoms with Crippen LogP contribution in [0.15, 0.2) is 72.8 Å². The molecule has 0 saturated heterocycles. The fraction of sp³-hybridized carbons (Fsp3) is 0.379. The molecule has 36 heavy (non-hydrogen) atoms. The summed E-state index contributed by atoms with van der Waals surface area (Å²) >= 11 is 0. The summed E-state index contributed by atoms with van der Waals surface area (Å²) in [6, 6.07) is 15.6. The lowest BCUT2D eigenvalue weighted by molar-refractivity contribution is -0.142. The van der Waals surface area contributed by atoms with Crippen molar-refractivity contribution in [2.24, 2.45) is 0 Å². The second kappa shape index (κ2) is 13.0. The van der Waals surface area contributed by atoms with Crippen LogP contribution < -0.4 is 4.74 Å². The van der Waals surface area contributed by atoms with E-state index in [0.29, 0.717) is 17.7 Å². The highest BCUT2D eigenvalue weighted by molar-refractivity contribution is 5.87. The highest BCUT2D eigenvalue weighted by atomic mass is 16.6. The molecule has 0 aliphatic heterocycles. The molecule has 194 valence electrons. The Labute approximate surface area is 213 Å². The first-order valence-electron chi connectivity index (χ1n) is 11.7. The van der Waals surface area contributed by atoms with Crippen LogP contribution >= 0.6 is 0 Å². The lowest BCUT2D eigenvalue weighted by Crippen LogP contribution is -2.25. The van der Waals surface area contributed by atoms with Crippen molar-refractivity contribution in [1.29, 1.82) is 0 Å². The van der Waals surface area contributed by atoms with Crippen molar-refractivity contribution in [2.45, 2.75) is 51.7 Å². The standard InChI is InChI=1S/C29H36O7/c1-19(2)27(32)35-16-24(30)15-21-7-9-22(10-8-21)29(5,6)23-11-13-26(14-12-23)34-17-25(31)18-36-28(33)20(3)4/h7-14,24-25,30-31H,1,3,15-18H2,2,4-6H3. The van der Waals surface area contributed by atoms with E-state index in [1.165, 1.54) is 0 Å². The molecule has 0 saturated carbocycles. The largest absolute Gasteiger partial charge is 0.491 e. The number of carbonyl (C=O) groups is 2. The van der Waals surface area contributed by atoms with Crippen molar-refractivity contribution in [1.82, 2.24) is 0 Å². The number of aliphatic hydroxyl groups excluding tert-OH is 2. The maximum atomic E-state index is 11.5. The smallest absolute Gasteiger partial charge is 0.333 e. The van der Waals surface area contributed by atoms with Crippen LogP contribution in [0.25, 0.3) is 0 Å². The summed E-state index contributed by atoms with van der Waals surface area (Å²) in [6.07, 6.45) is -1.37. The molecule has 0 spiro atoms. The Balaban J connectivity index is 1.92. The van der Waals surface area contributed by atoms with Gasteiger partial charge in [0, 0.05) is 23.0 Å². The van der Waals surface area contributed by atoms with Crippen molar-refractivity contribution in [2.75, 3.05) is 19.8 Å². The normalized spacial score (nSPS) is 12.8. The molecular formula is C29H36O7. The zero-order chi connectivity index (χ0) is 26.9. The first-order chi connectivity index (χ1) is 16.9. The summed E-state index contributed by atoms with van der Waals surface area (Å²) in [5.74, 6) is -0.465. The van der Waals surface area contributed by atoms with Crippen molar-refractivity contribution in [3.8, 4) is 5.75 Å². The molecule has 0 bridgehead atoms. The molecular weight excluding hydrogens is 460 g/mol. The Hall–Kier alpha value is -3.42. The maximum Gasteiger partial charge on any atom is 0.333 e. The number of esters is 2. The Morgan fingerprint density at radius 1 is 0.778 bits per heavy atom. The zero-order valence-corrected chi connectivity index (χ0v) is 21.5. The highest BCUT2D eigenvalue weighted by Crippen LogP contribution is 2.32. The third kappa shape index (κ3) is 8.66. The average Bonchev–Trinajstić information content (AvgIpc) is 2.84. The number of hydrogen-bond acceptors (Lipinski definition) is 7. The Bertz CT molecular complexity index is 1050. The molecule has 7 nitrogen and oxygen atoms in total. The molecule has 2 aromatic rings. The van der Waals surface area contributed by atoms with Gasteiger partial charge >= 0.3 is 11.9 Å². The molecule has 2 atom stereocenters. The minimum Gasteiger partial charge on any atom is -0.491 e. The molecule has 0 radical (unpaired) electrons. The lowest BCUT2D eigenvalue weighted by Gasteiger charge is -2.27. The molecule has 2 rings (SSSR count). The van der Waals surface area contributed by atoms with Crippen molar-refractivity contribution < 1.29 is 34.0 Å². The number of hydrogen-bond donors (Lipinski definition) is 2. The minimum absolute atomic E-state index is 0.00802. The first kappa shape index (κ1) is 28.8. The number of carbonyl (C=O) groups excluding carboxylic acids is 2. The Morgan fingerprint density at radius 2 is 1.22 bits per heavy atom. The van der Waals surface area contributed by atoms with E-state index in [0.717, 1.165) is 16.7 Å². The third-order valence-electron chi connectivity index (χ3n) is 5.68. The topological polar surface area (TPSA) is 102 Å². The van der Waals surface area contributed by atoms with Crippen LogP contribution in [0.1, 0.15) is 44.4 Å². The molecule has 2 N–H and O–H groups in total. The summed E-state index contributed by atoms with van der Waals surface area (Å²) in [5.41, 5.74) is 3.39. The van der Waals surface area contributed by atoms with E-state index in [1.807, 2.05) is 48.5 Å². The van der Waals surface area contributed by atoms with Crippen LogP contribution in [0.2, 0.25) is 0 Å². The van der Waals surface area contributed by atoms with Gasteiger partial charge in [-0.1, -0.05) is 63.4 Å². The summed E-state index contributed by atoms with van der Waals surface area (Å²) in [7, 11) is 0. The van der Waals surface area contributed by atoms with Crippen LogP contribution in [-0.2, 0) is 30.9 Å². The van der Waals surface area contributed by atoms with Gasteiger partial charge in [-0.05, 0) is 42.7 Å². The molecule has 0 amide bonds. The molecule has 0 fully saturated rings. The van der Waals surface area contributed by atoms with Gasteiger partial charge in [0.15, 0.2) is 0 Å². The molecule has 2 aromatic carbocycles. The van der Waals surface area contributed by atoms with Crippen molar-refractivity contribution in [3.05, 3.63) is 89.5 Å². The monoisotopic (exact) mass is 496 g/mol. The van der Waals surface area contributed by atoms with Gasteiger partial charge in [-0.15, -0.1) is 0 Å². The van der Waals surface area contributed by atoms with Gasteiger partial charge in [0.25, 0.3) is 0 Å². The van der Waals surface area contributed by atoms with Gasteiger partial charge in [0.2, 0.25) is 0 Å². The molecule has 2 unspecified atom stereocenters. The zero-order valence-electron chi connectivity index (χ0n) is 21.5. The predicted octanol–water partition coefficient (Wildman–Crippen LogP) is 3.89. The van der Waals surface area contributed by atoms with E-state index in [4.69, 9.17) is 14.2 Å². The summed E-state index contributed by atoms with van der Waals surface area (Å²) < 4.78 is 15.5. The summed E-state index contributed by atoms with van der Waals surface area (Å²) in [5, 5.41) is 20.1. The Morgan fingerprint density at radius 3 is 1.69 bits per heavy atom. The number of benzene rings is 2. The van der Waals surface area contributed by atoms with Crippen LogP contribution in [0.3, 0.4) is 0 Å². The fourth-order valence-electron chi connectivity index (χ4n) is 3.35. The average molecular weight is 497 g/mol. The van der Waals surface area contributed by atoms with E-state index in [2.05, 4.69) is 27.0 Å². The second-order valence-electron chi connectivity index (χ2n) is 9.43. The van der Waals surface area contributed by atoms with E-state index >= 15 is 0 Å². The molecule has 7 heteroatoms. The van der Waals surface area contributed by atoms with Crippen LogP contribution in [0, 0.1) is 0 Å². The van der Waals surface area contributed by atoms with E-state index in [9.17, 15) is 19.8 Å². The van der Waals surface area contributed by atoms with Crippen LogP contribution in [-0.4, -0.2) is 54.2 Å². The second-order valence-corrected chi connectivity index (χ2v) is 9.43. The van der Waals surface area contributed by atoms with Crippen molar-refractivity contribution >= 4 is 11.9 Å². The van der Waals surface area contributed by atoms with E-state index in [-0.39, 0.29) is 30.8 Å². The maximum absolute atomic E-state index is 11.5. The summed E-state index contributed by atoms with van der Waals surface area (Å²) in [6.45, 7) is 14.1. The number of ether oxygens (including phenoxy) is 3. The minimum atomic E-state index is -0.945. The van der Waals surface area contributed by atoms with Gasteiger partial charge in [0.1, 0.15) is 31.7 Å². The van der Waals surface area contributed by atoms with Gasteiger partial charge in [-0.3, -0.25) is 0 Å². The van der Waals surface area contributed by atoms with Gasteiger partial charge in [-0.2, -0.15) is 0 Å². The van der Waals surface area contributed by atoms with Crippen LogP contribution in [0.5, 0.6) is 5.75 Å². The highest BCUT2D eigenvalue weighted by Gasteiger charge is 2.23. The quantitative estimate of drug-likeness (QED) is 0.320.